The van der Waals surface area contributed by atoms with Crippen LogP contribution in [0.5, 0.6) is 5.75 Å². The Labute approximate surface area is 287 Å². The first-order valence-corrected chi connectivity index (χ1v) is 16.6. The number of carbonyl (C=O) groups excluding carboxylic acids is 1. The van der Waals surface area contributed by atoms with E-state index in [1.807, 2.05) is 6.07 Å². The van der Waals surface area contributed by atoms with Crippen LogP contribution in [0, 0.1) is 11.2 Å². The zero-order valence-electron chi connectivity index (χ0n) is 26.3. The number of carboxylic acid groups (broad SMARTS) is 1. The number of rotatable bonds is 6. The minimum absolute atomic E-state index is 0. The molecule has 4 aliphatic heterocycles. The molecule has 2 atom stereocenters. The van der Waals surface area contributed by atoms with E-state index in [1.165, 1.54) is 4.90 Å². The van der Waals surface area contributed by atoms with Crippen LogP contribution in [0.25, 0.3) is 11.1 Å². The monoisotopic (exact) mass is 699 g/mol. The quantitative estimate of drug-likeness (QED) is 0.350. The molecular formula is C35H36Cl2FN3O7. The van der Waals surface area contributed by atoms with Crippen molar-refractivity contribution < 1.29 is 38.8 Å². The van der Waals surface area contributed by atoms with Gasteiger partial charge in [0.1, 0.15) is 11.6 Å². The van der Waals surface area contributed by atoms with Crippen LogP contribution in [0.3, 0.4) is 0 Å². The molecule has 3 saturated heterocycles. The molecule has 4 fully saturated rings. The van der Waals surface area contributed by atoms with Gasteiger partial charge in [0, 0.05) is 48.0 Å². The van der Waals surface area contributed by atoms with Crippen molar-refractivity contribution in [2.24, 2.45) is 5.41 Å². The third kappa shape index (κ3) is 5.36. The number of morpholine rings is 1. The predicted octanol–water partition coefficient (Wildman–Crippen LogP) is 5.65. The van der Waals surface area contributed by atoms with E-state index in [1.54, 1.807) is 37.4 Å². The molecule has 4 heterocycles. The molecule has 254 valence electrons. The van der Waals surface area contributed by atoms with Crippen molar-refractivity contribution >= 4 is 46.5 Å². The van der Waals surface area contributed by atoms with Crippen molar-refractivity contribution in [3.05, 3.63) is 75.0 Å². The molecule has 1 spiro atoms. The summed E-state index contributed by atoms with van der Waals surface area (Å²) in [5, 5.41) is 10.5. The third-order valence-corrected chi connectivity index (χ3v) is 11.1. The van der Waals surface area contributed by atoms with Gasteiger partial charge < -0.3 is 39.5 Å². The Morgan fingerprint density at radius 3 is 2.35 bits per heavy atom. The molecule has 1 aliphatic carbocycles. The fourth-order valence-electron chi connectivity index (χ4n) is 8.17. The number of hydrogen-bond acceptors (Lipinski definition) is 7. The van der Waals surface area contributed by atoms with Gasteiger partial charge in [-0.25, -0.2) is 9.18 Å². The van der Waals surface area contributed by atoms with Crippen LogP contribution in [-0.4, -0.2) is 85.7 Å². The maximum Gasteiger partial charge on any atom is 0.337 e. The Hall–Kier alpha value is -3.61. The Bertz CT molecular complexity index is 1750. The summed E-state index contributed by atoms with van der Waals surface area (Å²) < 4.78 is 33.0. The summed E-state index contributed by atoms with van der Waals surface area (Å²) in [5.41, 5.74) is 3.18. The Morgan fingerprint density at radius 1 is 1.02 bits per heavy atom. The average Bonchev–Trinajstić information content (AvgIpc) is 3.25. The number of amides is 1. The number of nitrogens with zero attached hydrogens (tertiary/aromatic N) is 3. The number of para-hydroxylation sites is 1. The number of anilines is 2. The molecule has 48 heavy (non-hydrogen) atoms. The molecule has 5 aliphatic rings. The molecule has 2 bridgehead atoms. The molecule has 2 unspecified atom stereocenters. The minimum Gasteiger partial charge on any atom is -0.478 e. The maximum atomic E-state index is 15.7. The van der Waals surface area contributed by atoms with Crippen molar-refractivity contribution in [2.75, 3.05) is 49.9 Å². The Morgan fingerprint density at radius 2 is 1.71 bits per heavy atom. The van der Waals surface area contributed by atoms with E-state index in [2.05, 4.69) is 9.80 Å². The van der Waals surface area contributed by atoms with Gasteiger partial charge in [-0.2, -0.15) is 0 Å². The summed E-state index contributed by atoms with van der Waals surface area (Å²) in [6.07, 6.45) is 4.19. The minimum atomic E-state index is -1.19. The third-order valence-electron chi connectivity index (χ3n) is 10.5. The normalized spacial score (nSPS) is 22.4. The number of halogens is 3. The van der Waals surface area contributed by atoms with Crippen molar-refractivity contribution in [1.82, 2.24) is 4.90 Å². The van der Waals surface area contributed by atoms with Crippen molar-refractivity contribution in [3.63, 3.8) is 0 Å². The second kappa shape index (κ2) is 12.4. The highest BCUT2D eigenvalue weighted by atomic mass is 35.5. The van der Waals surface area contributed by atoms with Crippen LogP contribution in [0.15, 0.2) is 42.5 Å². The van der Waals surface area contributed by atoms with Crippen LogP contribution >= 0.6 is 23.2 Å². The van der Waals surface area contributed by atoms with Gasteiger partial charge in [0.25, 0.3) is 5.91 Å². The summed E-state index contributed by atoms with van der Waals surface area (Å²) in [7, 11) is 1.75. The molecule has 1 amide bonds. The lowest BCUT2D eigenvalue weighted by Gasteiger charge is -2.59. The Balaban J connectivity index is 0.00000364. The van der Waals surface area contributed by atoms with Crippen LogP contribution in [0.4, 0.5) is 15.8 Å². The molecule has 3 aromatic carbocycles. The number of carboxylic acids is 1. The van der Waals surface area contributed by atoms with Gasteiger partial charge in [-0.15, -0.1) is 0 Å². The molecule has 3 N–H and O–H groups in total. The lowest BCUT2D eigenvalue weighted by atomic mass is 9.61. The van der Waals surface area contributed by atoms with E-state index in [-0.39, 0.29) is 68.9 Å². The van der Waals surface area contributed by atoms with E-state index in [9.17, 15) is 14.7 Å². The van der Waals surface area contributed by atoms with E-state index in [4.69, 9.17) is 37.4 Å². The molecule has 10 nitrogen and oxygen atoms in total. The van der Waals surface area contributed by atoms with Gasteiger partial charge >= 0.3 is 5.97 Å². The maximum absolute atomic E-state index is 15.7. The van der Waals surface area contributed by atoms with Gasteiger partial charge in [-0.3, -0.25) is 4.79 Å². The van der Waals surface area contributed by atoms with Crippen molar-refractivity contribution in [1.29, 1.82) is 0 Å². The van der Waals surface area contributed by atoms with E-state index in [0.717, 1.165) is 50.5 Å². The zero-order valence-corrected chi connectivity index (χ0v) is 27.8. The smallest absolute Gasteiger partial charge is 0.337 e. The van der Waals surface area contributed by atoms with E-state index < -0.39 is 11.8 Å². The van der Waals surface area contributed by atoms with Gasteiger partial charge in [0.2, 0.25) is 0 Å². The second-order valence-electron chi connectivity index (χ2n) is 13.5. The van der Waals surface area contributed by atoms with Crippen LogP contribution in [0.2, 0.25) is 10.0 Å². The standard InChI is InChI=1S/C35H34Cl2FN3O6.H2O/c1-45-23-11-35(12-23)16-40(17-35)22-7-27(36)31(28(37)8-22)33(42)39-13-19-3-2-4-24(32(19)47-18-39)25-10-30(26(34(43)44)9-29(25)38)41-20-5-6-21(41)15-46-14-20;/h2-4,7-10,20-21,23H,5-6,11-18H2,1H3,(H,43,44);1H2. The summed E-state index contributed by atoms with van der Waals surface area (Å²) in [4.78, 5) is 31.8. The number of ether oxygens (including phenoxy) is 3. The van der Waals surface area contributed by atoms with Gasteiger partial charge in [-0.05, 0) is 49.9 Å². The summed E-state index contributed by atoms with van der Waals surface area (Å²) in [6.45, 7) is 2.91. The van der Waals surface area contributed by atoms with Crippen molar-refractivity contribution in [3.8, 4) is 16.9 Å². The number of fused-ring (bicyclic) bond motifs is 3. The van der Waals surface area contributed by atoms with Crippen molar-refractivity contribution in [2.45, 2.75) is 50.4 Å². The van der Waals surface area contributed by atoms with Gasteiger partial charge in [0.15, 0.2) is 6.73 Å². The highest BCUT2D eigenvalue weighted by Gasteiger charge is 2.52. The molecule has 8 rings (SSSR count). The predicted molar refractivity (Wildman–Crippen MR) is 179 cm³/mol. The number of methoxy groups -OCH3 is 1. The average molecular weight is 701 g/mol. The number of benzene rings is 3. The van der Waals surface area contributed by atoms with Gasteiger partial charge in [0.05, 0.1) is 64.8 Å². The Kier molecular flexibility index (Phi) is 8.48. The number of carbonyl (C=O) groups is 2. The summed E-state index contributed by atoms with van der Waals surface area (Å²) in [6, 6.07) is 11.7. The second-order valence-corrected chi connectivity index (χ2v) is 14.3. The first-order valence-electron chi connectivity index (χ1n) is 15.9. The highest BCUT2D eigenvalue weighted by Crippen LogP contribution is 2.51. The molecule has 0 radical (unpaired) electrons. The number of hydrogen-bond donors (Lipinski definition) is 1. The van der Waals surface area contributed by atoms with Gasteiger partial charge in [-0.1, -0.05) is 41.4 Å². The van der Waals surface area contributed by atoms with E-state index in [0.29, 0.717) is 41.9 Å². The molecule has 1 saturated carbocycles. The summed E-state index contributed by atoms with van der Waals surface area (Å²) in [5.74, 6) is -1.77. The van der Waals surface area contributed by atoms with E-state index >= 15 is 4.39 Å². The number of aromatic carboxylic acids is 1. The zero-order chi connectivity index (χ0) is 32.6. The molecular weight excluding hydrogens is 664 g/mol. The lowest BCUT2D eigenvalue weighted by molar-refractivity contribution is -0.0731. The lowest BCUT2D eigenvalue weighted by Crippen LogP contribution is -2.64. The van der Waals surface area contributed by atoms with Crippen LogP contribution in [0.1, 0.15) is 52.0 Å². The topological polar surface area (TPSA) is 123 Å². The molecule has 13 heteroatoms. The van der Waals surface area contributed by atoms with Crippen LogP contribution in [-0.2, 0) is 16.0 Å². The molecule has 3 aromatic rings. The summed E-state index contributed by atoms with van der Waals surface area (Å²) >= 11 is 13.4. The highest BCUT2D eigenvalue weighted by molar-refractivity contribution is 6.40. The SMILES string of the molecule is COC1CC2(C1)CN(c1cc(Cl)c(C(=O)N3COc4c(cccc4-c4cc(N5C6CCC5COC6)c(C(=O)O)cc4F)C3)c(Cl)c1)C2.O. The fourth-order valence-corrected chi connectivity index (χ4v) is 8.81. The molecule has 0 aromatic heterocycles. The first-order chi connectivity index (χ1) is 22.6. The first kappa shape index (κ1) is 32.9. The fraction of sp³-hybridized carbons (Fsp3) is 0.429. The largest absolute Gasteiger partial charge is 0.478 e. The van der Waals surface area contributed by atoms with Crippen LogP contribution < -0.4 is 14.5 Å².